The molecule has 2 aliphatic rings. The molecule has 2 unspecified atom stereocenters. The fourth-order valence-electron chi connectivity index (χ4n) is 4.40. The van der Waals surface area contributed by atoms with Gasteiger partial charge in [-0.1, -0.05) is 51.2 Å². The molecule has 2 fully saturated rings. The Morgan fingerprint density at radius 3 is 2.50 bits per heavy atom. The van der Waals surface area contributed by atoms with Gasteiger partial charge in [-0.2, -0.15) is 0 Å². The Morgan fingerprint density at radius 2 is 1.71 bits per heavy atom. The number of amides is 2. The standard InChI is InChI=1S/C23H34N2O2S/c1-17-9-5-7-13-20(17)25-23(27)19-12-6-8-14-21(19)28-16-22(26)24-15-18-10-3-2-4-11-18/h6,8,12,14,17-18,20H,2-5,7,9-11,13,15-16H2,1H3,(H,24,26)(H,25,27). The van der Waals surface area contributed by atoms with Gasteiger partial charge in [-0.05, 0) is 49.7 Å². The van der Waals surface area contributed by atoms with E-state index in [-0.39, 0.29) is 17.9 Å². The average molecular weight is 403 g/mol. The van der Waals surface area contributed by atoms with Crippen molar-refractivity contribution in [3.63, 3.8) is 0 Å². The number of carbonyl (C=O) groups excluding carboxylic acids is 2. The van der Waals surface area contributed by atoms with Crippen molar-refractivity contribution in [2.45, 2.75) is 75.6 Å². The Morgan fingerprint density at radius 1 is 1.00 bits per heavy atom. The Hall–Kier alpha value is -1.49. The minimum absolute atomic E-state index is 0.00976. The van der Waals surface area contributed by atoms with Crippen molar-refractivity contribution in [2.24, 2.45) is 11.8 Å². The van der Waals surface area contributed by atoms with Crippen LogP contribution in [0.2, 0.25) is 0 Å². The minimum Gasteiger partial charge on any atom is -0.355 e. The predicted octanol–water partition coefficient (Wildman–Crippen LogP) is 4.78. The molecule has 2 N–H and O–H groups in total. The number of carbonyl (C=O) groups is 2. The van der Waals surface area contributed by atoms with Gasteiger partial charge in [0.25, 0.3) is 5.91 Å². The normalized spacial score (nSPS) is 23.2. The van der Waals surface area contributed by atoms with Gasteiger partial charge in [-0.3, -0.25) is 9.59 Å². The minimum atomic E-state index is -0.00976. The maximum Gasteiger partial charge on any atom is 0.252 e. The molecule has 0 radical (unpaired) electrons. The largest absolute Gasteiger partial charge is 0.355 e. The number of rotatable bonds is 7. The zero-order valence-electron chi connectivity index (χ0n) is 17.0. The molecule has 5 heteroatoms. The highest BCUT2D eigenvalue weighted by molar-refractivity contribution is 8.00. The Bertz CT molecular complexity index is 658. The summed E-state index contributed by atoms with van der Waals surface area (Å²) in [4.78, 5) is 26.0. The van der Waals surface area contributed by atoms with Crippen LogP contribution in [0.25, 0.3) is 0 Å². The molecular weight excluding hydrogens is 368 g/mol. The van der Waals surface area contributed by atoms with Crippen LogP contribution in [0.1, 0.15) is 75.1 Å². The van der Waals surface area contributed by atoms with Crippen molar-refractivity contribution >= 4 is 23.6 Å². The first-order valence-electron chi connectivity index (χ1n) is 10.9. The van der Waals surface area contributed by atoms with E-state index < -0.39 is 0 Å². The van der Waals surface area contributed by atoms with E-state index in [1.807, 2.05) is 24.3 Å². The first-order valence-corrected chi connectivity index (χ1v) is 11.9. The summed E-state index contributed by atoms with van der Waals surface area (Å²) < 4.78 is 0. The molecule has 1 aromatic carbocycles. The highest BCUT2D eigenvalue weighted by Crippen LogP contribution is 2.26. The second kappa shape index (κ2) is 10.9. The van der Waals surface area contributed by atoms with Gasteiger partial charge < -0.3 is 10.6 Å². The molecule has 2 aliphatic carbocycles. The van der Waals surface area contributed by atoms with Crippen LogP contribution in [-0.4, -0.2) is 30.2 Å². The van der Waals surface area contributed by atoms with Crippen LogP contribution in [0.5, 0.6) is 0 Å². The molecule has 1 aromatic rings. The molecule has 2 amide bonds. The Labute approximate surface area is 173 Å². The van der Waals surface area contributed by atoms with Crippen molar-refractivity contribution in [3.05, 3.63) is 29.8 Å². The van der Waals surface area contributed by atoms with Crippen LogP contribution >= 0.6 is 11.8 Å². The average Bonchev–Trinajstić information content (AvgIpc) is 2.73. The third kappa shape index (κ3) is 6.26. The molecule has 28 heavy (non-hydrogen) atoms. The number of hydrogen-bond acceptors (Lipinski definition) is 3. The summed E-state index contributed by atoms with van der Waals surface area (Å²) in [5.74, 6) is 1.58. The molecule has 0 saturated heterocycles. The molecule has 4 nitrogen and oxygen atoms in total. The topological polar surface area (TPSA) is 58.2 Å². The highest BCUT2D eigenvalue weighted by atomic mass is 32.2. The van der Waals surface area contributed by atoms with E-state index >= 15 is 0 Å². The van der Waals surface area contributed by atoms with Gasteiger partial charge in [-0.25, -0.2) is 0 Å². The SMILES string of the molecule is CC1CCCCC1NC(=O)c1ccccc1SCC(=O)NCC1CCCCC1. The lowest BCUT2D eigenvalue weighted by atomic mass is 9.86. The van der Waals surface area contributed by atoms with Crippen LogP contribution in [0, 0.1) is 11.8 Å². The zero-order chi connectivity index (χ0) is 19.8. The van der Waals surface area contributed by atoms with Crippen LogP contribution in [-0.2, 0) is 4.79 Å². The molecule has 0 aliphatic heterocycles. The Kier molecular flexibility index (Phi) is 8.26. The predicted molar refractivity (Wildman–Crippen MR) is 116 cm³/mol. The summed E-state index contributed by atoms with van der Waals surface area (Å²) in [5.41, 5.74) is 0.686. The molecule has 3 rings (SSSR count). The van der Waals surface area contributed by atoms with Gasteiger partial charge in [0.1, 0.15) is 0 Å². The van der Waals surface area contributed by atoms with E-state index in [1.54, 1.807) is 0 Å². The number of hydrogen-bond donors (Lipinski definition) is 2. The first-order chi connectivity index (χ1) is 13.6. The van der Waals surface area contributed by atoms with E-state index in [1.165, 1.54) is 63.1 Å². The maximum absolute atomic E-state index is 12.8. The van der Waals surface area contributed by atoms with Gasteiger partial charge in [0.05, 0.1) is 11.3 Å². The van der Waals surface area contributed by atoms with E-state index in [0.29, 0.717) is 23.2 Å². The van der Waals surface area contributed by atoms with Crippen LogP contribution in [0.4, 0.5) is 0 Å². The smallest absolute Gasteiger partial charge is 0.252 e. The monoisotopic (exact) mass is 402 g/mol. The molecule has 154 valence electrons. The third-order valence-corrected chi connectivity index (χ3v) is 7.30. The number of thioether (sulfide) groups is 1. The van der Waals surface area contributed by atoms with E-state index in [4.69, 9.17) is 0 Å². The summed E-state index contributed by atoms with van der Waals surface area (Å²) in [5, 5.41) is 6.31. The summed E-state index contributed by atoms with van der Waals surface area (Å²) in [6.07, 6.45) is 11.1. The molecular formula is C23H34N2O2S. The van der Waals surface area contributed by atoms with Crippen molar-refractivity contribution < 1.29 is 9.59 Å². The van der Waals surface area contributed by atoms with Crippen molar-refractivity contribution in [1.29, 1.82) is 0 Å². The van der Waals surface area contributed by atoms with Crippen molar-refractivity contribution in [3.8, 4) is 0 Å². The van der Waals surface area contributed by atoms with Crippen molar-refractivity contribution in [1.82, 2.24) is 10.6 Å². The summed E-state index contributed by atoms with van der Waals surface area (Å²) >= 11 is 1.46. The van der Waals surface area contributed by atoms with E-state index in [9.17, 15) is 9.59 Å². The van der Waals surface area contributed by atoms with Gasteiger partial charge in [0.2, 0.25) is 5.91 Å². The summed E-state index contributed by atoms with van der Waals surface area (Å²) in [6, 6.07) is 7.90. The zero-order valence-corrected chi connectivity index (χ0v) is 17.9. The molecule has 0 bridgehead atoms. The van der Waals surface area contributed by atoms with Crippen LogP contribution in [0.15, 0.2) is 29.2 Å². The third-order valence-electron chi connectivity index (χ3n) is 6.23. The van der Waals surface area contributed by atoms with Crippen LogP contribution < -0.4 is 10.6 Å². The quantitative estimate of drug-likeness (QED) is 0.645. The lowest BCUT2D eigenvalue weighted by molar-refractivity contribution is -0.118. The van der Waals surface area contributed by atoms with Gasteiger partial charge in [-0.15, -0.1) is 11.8 Å². The first kappa shape index (κ1) is 21.2. The lowest BCUT2D eigenvalue weighted by Gasteiger charge is -2.29. The van der Waals surface area contributed by atoms with Gasteiger partial charge in [0, 0.05) is 17.5 Å². The van der Waals surface area contributed by atoms with Gasteiger partial charge >= 0.3 is 0 Å². The number of benzene rings is 1. The molecule has 2 saturated carbocycles. The van der Waals surface area contributed by atoms with E-state index in [0.717, 1.165) is 17.9 Å². The summed E-state index contributed by atoms with van der Waals surface area (Å²) in [6.45, 7) is 3.02. The number of nitrogens with one attached hydrogen (secondary N) is 2. The second-order valence-corrected chi connectivity index (χ2v) is 9.45. The fourth-order valence-corrected chi connectivity index (χ4v) is 5.28. The summed E-state index contributed by atoms with van der Waals surface area (Å²) in [7, 11) is 0. The lowest BCUT2D eigenvalue weighted by Crippen LogP contribution is -2.41. The molecule has 0 aromatic heterocycles. The maximum atomic E-state index is 12.8. The molecule has 0 spiro atoms. The Balaban J connectivity index is 1.50. The highest BCUT2D eigenvalue weighted by Gasteiger charge is 2.24. The van der Waals surface area contributed by atoms with Gasteiger partial charge in [0.15, 0.2) is 0 Å². The molecule has 0 heterocycles. The molecule has 2 atom stereocenters. The van der Waals surface area contributed by atoms with Crippen LogP contribution in [0.3, 0.4) is 0 Å². The van der Waals surface area contributed by atoms with E-state index in [2.05, 4.69) is 17.6 Å². The second-order valence-electron chi connectivity index (χ2n) is 8.43. The fraction of sp³-hybridized carbons (Fsp3) is 0.652. The van der Waals surface area contributed by atoms with Crippen molar-refractivity contribution in [2.75, 3.05) is 12.3 Å².